The van der Waals surface area contributed by atoms with Gasteiger partial charge in [0.1, 0.15) is 6.04 Å². The van der Waals surface area contributed by atoms with Crippen LogP contribution in [0, 0.1) is 5.92 Å². The molecule has 18 heavy (non-hydrogen) atoms. The van der Waals surface area contributed by atoms with E-state index >= 15 is 0 Å². The Balaban J connectivity index is 2.75. The Kier molecular flexibility index (Phi) is 5.44. The zero-order chi connectivity index (χ0) is 13.7. The Bertz CT molecular complexity index is 305. The molecular formula is C13H24N2O3. The van der Waals surface area contributed by atoms with E-state index in [1.54, 1.807) is 4.90 Å². The molecule has 2 amide bonds. The Hall–Kier alpha value is -1.26. The van der Waals surface area contributed by atoms with Crippen molar-refractivity contribution in [3.63, 3.8) is 0 Å². The zero-order valence-electron chi connectivity index (χ0n) is 11.6. The summed E-state index contributed by atoms with van der Waals surface area (Å²) in [6, 6.07) is -0.772. The number of carbonyl (C=O) groups is 2. The minimum absolute atomic E-state index is 0.127. The third-order valence-corrected chi connectivity index (χ3v) is 3.27. The summed E-state index contributed by atoms with van der Waals surface area (Å²) in [4.78, 5) is 26.8. The number of aliphatic carboxylic acids is 1. The highest BCUT2D eigenvalue weighted by Gasteiger charge is 2.33. The van der Waals surface area contributed by atoms with Gasteiger partial charge >= 0.3 is 12.0 Å². The molecule has 104 valence electrons. The lowest BCUT2D eigenvalue weighted by molar-refractivity contribution is -0.143. The second-order valence-corrected chi connectivity index (χ2v) is 5.26. The Morgan fingerprint density at radius 1 is 1.39 bits per heavy atom. The fourth-order valence-corrected chi connectivity index (χ4v) is 2.38. The molecule has 0 bridgehead atoms. The third-order valence-electron chi connectivity index (χ3n) is 3.27. The molecule has 1 unspecified atom stereocenters. The van der Waals surface area contributed by atoms with E-state index < -0.39 is 12.0 Å². The summed E-state index contributed by atoms with van der Waals surface area (Å²) in [5.74, 6) is -0.495. The molecule has 0 spiro atoms. The van der Waals surface area contributed by atoms with Crippen LogP contribution in [0.25, 0.3) is 0 Å². The van der Waals surface area contributed by atoms with Crippen LogP contribution < -0.4 is 0 Å². The number of hydrogen-bond acceptors (Lipinski definition) is 2. The van der Waals surface area contributed by atoms with Crippen molar-refractivity contribution in [3.8, 4) is 0 Å². The highest BCUT2D eigenvalue weighted by molar-refractivity contribution is 5.83. The lowest BCUT2D eigenvalue weighted by Gasteiger charge is -2.37. The Morgan fingerprint density at radius 3 is 2.56 bits per heavy atom. The molecule has 1 fully saturated rings. The lowest BCUT2D eigenvalue weighted by Crippen LogP contribution is -2.53. The lowest BCUT2D eigenvalue weighted by atomic mass is 10.0. The number of urea groups is 1. The van der Waals surface area contributed by atoms with Crippen molar-refractivity contribution in [1.82, 2.24) is 9.80 Å². The first-order chi connectivity index (χ1) is 8.47. The van der Waals surface area contributed by atoms with Crippen LogP contribution in [0.3, 0.4) is 0 Å². The van der Waals surface area contributed by atoms with E-state index in [1.165, 1.54) is 4.90 Å². The van der Waals surface area contributed by atoms with Gasteiger partial charge in [-0.1, -0.05) is 13.8 Å². The van der Waals surface area contributed by atoms with E-state index in [1.807, 2.05) is 6.92 Å². The number of piperidine rings is 1. The van der Waals surface area contributed by atoms with E-state index in [9.17, 15) is 14.7 Å². The van der Waals surface area contributed by atoms with Crippen molar-refractivity contribution < 1.29 is 14.7 Å². The summed E-state index contributed by atoms with van der Waals surface area (Å²) < 4.78 is 0. The molecule has 5 heteroatoms. The van der Waals surface area contributed by atoms with Gasteiger partial charge in [0.05, 0.1) is 0 Å². The summed E-state index contributed by atoms with van der Waals surface area (Å²) in [5, 5.41) is 9.18. The van der Waals surface area contributed by atoms with Gasteiger partial charge in [0.25, 0.3) is 0 Å². The van der Waals surface area contributed by atoms with Crippen LogP contribution in [0.4, 0.5) is 4.79 Å². The second-order valence-electron chi connectivity index (χ2n) is 5.26. The number of rotatable bonds is 4. The number of carbonyl (C=O) groups excluding carboxylic acids is 1. The number of nitrogens with zero attached hydrogens (tertiary/aromatic N) is 2. The molecule has 0 aromatic carbocycles. The predicted octanol–water partition coefficient (Wildman–Crippen LogP) is 2.02. The van der Waals surface area contributed by atoms with Crippen LogP contribution in [-0.2, 0) is 4.79 Å². The van der Waals surface area contributed by atoms with Crippen molar-refractivity contribution in [2.75, 3.05) is 19.6 Å². The Labute approximate surface area is 109 Å². The third kappa shape index (κ3) is 3.62. The fourth-order valence-electron chi connectivity index (χ4n) is 2.38. The van der Waals surface area contributed by atoms with E-state index in [-0.39, 0.29) is 6.03 Å². The van der Waals surface area contributed by atoms with Gasteiger partial charge in [-0.25, -0.2) is 9.59 Å². The number of carboxylic acids is 1. The summed E-state index contributed by atoms with van der Waals surface area (Å²) >= 11 is 0. The molecule has 5 nitrogen and oxygen atoms in total. The fraction of sp³-hybridized carbons (Fsp3) is 0.846. The standard InChI is InChI=1S/C13H24N2O3/c1-4-14(9-10(2)3)13(18)15-8-6-5-7-11(15)12(16)17/h10-11H,4-9H2,1-3H3,(H,16,17). The van der Waals surface area contributed by atoms with Crippen LogP contribution in [0.2, 0.25) is 0 Å². The molecule has 0 radical (unpaired) electrons. The SMILES string of the molecule is CCN(CC(C)C)C(=O)N1CCCCC1C(=O)O. The van der Waals surface area contributed by atoms with Crippen LogP contribution in [0.5, 0.6) is 0 Å². The van der Waals surface area contributed by atoms with Gasteiger partial charge in [-0.3, -0.25) is 0 Å². The smallest absolute Gasteiger partial charge is 0.326 e. The number of amides is 2. The molecule has 1 saturated heterocycles. The minimum atomic E-state index is -0.886. The quantitative estimate of drug-likeness (QED) is 0.837. The molecule has 0 aliphatic carbocycles. The summed E-state index contributed by atoms with van der Waals surface area (Å²) in [6.45, 7) is 7.91. The number of hydrogen-bond donors (Lipinski definition) is 1. The molecule has 0 aromatic heterocycles. The van der Waals surface area contributed by atoms with Crippen molar-refractivity contribution in [2.24, 2.45) is 5.92 Å². The van der Waals surface area contributed by atoms with Crippen molar-refractivity contribution in [3.05, 3.63) is 0 Å². The topological polar surface area (TPSA) is 60.9 Å². The van der Waals surface area contributed by atoms with Gasteiger partial charge in [0.15, 0.2) is 0 Å². The molecule has 0 saturated carbocycles. The van der Waals surface area contributed by atoms with E-state index in [0.29, 0.717) is 32.0 Å². The minimum Gasteiger partial charge on any atom is -0.480 e. The highest BCUT2D eigenvalue weighted by Crippen LogP contribution is 2.19. The predicted molar refractivity (Wildman–Crippen MR) is 69.5 cm³/mol. The summed E-state index contributed by atoms with van der Waals surface area (Å²) in [5.41, 5.74) is 0. The van der Waals surface area contributed by atoms with Crippen molar-refractivity contribution in [1.29, 1.82) is 0 Å². The zero-order valence-corrected chi connectivity index (χ0v) is 11.6. The number of carboxylic acid groups (broad SMARTS) is 1. The van der Waals surface area contributed by atoms with Crippen LogP contribution in [0.1, 0.15) is 40.0 Å². The maximum absolute atomic E-state index is 12.4. The normalized spacial score (nSPS) is 20.0. The van der Waals surface area contributed by atoms with Crippen LogP contribution in [0.15, 0.2) is 0 Å². The highest BCUT2D eigenvalue weighted by atomic mass is 16.4. The van der Waals surface area contributed by atoms with Gasteiger partial charge in [-0.05, 0) is 32.1 Å². The van der Waals surface area contributed by atoms with E-state index in [4.69, 9.17) is 0 Å². The van der Waals surface area contributed by atoms with Gasteiger partial charge in [-0.2, -0.15) is 0 Å². The van der Waals surface area contributed by atoms with Crippen LogP contribution >= 0.6 is 0 Å². The van der Waals surface area contributed by atoms with Gasteiger partial charge in [0.2, 0.25) is 0 Å². The molecule has 0 aromatic rings. The van der Waals surface area contributed by atoms with Crippen LogP contribution in [-0.4, -0.2) is 52.6 Å². The first kappa shape index (κ1) is 14.8. The largest absolute Gasteiger partial charge is 0.480 e. The van der Waals surface area contributed by atoms with Gasteiger partial charge < -0.3 is 14.9 Å². The van der Waals surface area contributed by atoms with Crippen molar-refractivity contribution >= 4 is 12.0 Å². The Morgan fingerprint density at radius 2 is 2.06 bits per heavy atom. The molecule has 1 aliphatic rings. The molecule has 1 atom stereocenters. The molecule has 1 N–H and O–H groups in total. The summed E-state index contributed by atoms with van der Waals surface area (Å²) in [6.07, 6.45) is 2.35. The summed E-state index contributed by atoms with van der Waals surface area (Å²) in [7, 11) is 0. The first-order valence-corrected chi connectivity index (χ1v) is 6.75. The molecule has 1 heterocycles. The van der Waals surface area contributed by atoms with Gasteiger partial charge in [-0.15, -0.1) is 0 Å². The van der Waals surface area contributed by atoms with Crippen molar-refractivity contribution in [2.45, 2.75) is 46.1 Å². The molecule has 1 aliphatic heterocycles. The maximum atomic E-state index is 12.4. The monoisotopic (exact) mass is 256 g/mol. The average Bonchev–Trinajstić information content (AvgIpc) is 2.34. The first-order valence-electron chi connectivity index (χ1n) is 6.75. The average molecular weight is 256 g/mol. The van der Waals surface area contributed by atoms with Gasteiger partial charge in [0, 0.05) is 19.6 Å². The second kappa shape index (κ2) is 6.61. The molecular weight excluding hydrogens is 232 g/mol. The molecule has 1 rings (SSSR count). The number of likely N-dealkylation sites (tertiary alicyclic amines) is 1. The maximum Gasteiger partial charge on any atom is 0.326 e. The van der Waals surface area contributed by atoms with E-state index in [0.717, 1.165) is 12.8 Å². The van der Waals surface area contributed by atoms with E-state index in [2.05, 4.69) is 13.8 Å².